The number of ether oxygens (including phenoxy) is 1. The molecule has 0 spiro atoms. The van der Waals surface area contributed by atoms with E-state index in [4.69, 9.17) is 4.74 Å². The van der Waals surface area contributed by atoms with Crippen LogP contribution in [0.15, 0.2) is 77.8 Å². The highest BCUT2D eigenvalue weighted by Gasteiger charge is 1.99. The Bertz CT molecular complexity index is 571. The largest absolute Gasteiger partial charge is 0.488 e. The van der Waals surface area contributed by atoms with Crippen LogP contribution in [0, 0.1) is 6.92 Å². The molecule has 0 aromatic heterocycles. The molecule has 0 bridgehead atoms. The molecule has 2 heteroatoms. The standard InChI is InChI=1S/C14H13BrO.C5H8.C2H6/c1-11-6-8-12(9-7-11)10-16-14-5-3-2-4-13(14)15;1-3-5-4-2;1-2/h2-9H,10H2,1H3;3-5H,1H2,2H3;1-2H3/b;5-4-;. The number of allylic oxidation sites excluding steroid dienone is 3. The van der Waals surface area contributed by atoms with Crippen LogP contribution in [-0.4, -0.2) is 0 Å². The summed E-state index contributed by atoms with van der Waals surface area (Å²) in [6.07, 6.45) is 5.58. The summed E-state index contributed by atoms with van der Waals surface area (Å²) in [5.41, 5.74) is 2.45. The fourth-order valence-corrected chi connectivity index (χ4v) is 1.94. The minimum atomic E-state index is 0.600. The van der Waals surface area contributed by atoms with E-state index in [1.54, 1.807) is 6.08 Å². The van der Waals surface area contributed by atoms with Crippen molar-refractivity contribution in [2.24, 2.45) is 0 Å². The van der Waals surface area contributed by atoms with E-state index in [-0.39, 0.29) is 0 Å². The third-order valence-corrected chi connectivity index (χ3v) is 3.34. The molecule has 1 nitrogen and oxygen atoms in total. The lowest BCUT2D eigenvalue weighted by Crippen LogP contribution is -1.95. The SMILES string of the molecule is C=C/C=C\C.CC.Cc1ccc(COc2ccccc2Br)cc1. The van der Waals surface area contributed by atoms with Crippen molar-refractivity contribution in [1.82, 2.24) is 0 Å². The average molecular weight is 375 g/mol. The van der Waals surface area contributed by atoms with E-state index in [2.05, 4.69) is 53.7 Å². The van der Waals surface area contributed by atoms with E-state index >= 15 is 0 Å². The smallest absolute Gasteiger partial charge is 0.133 e. The zero-order chi connectivity index (χ0) is 17.5. The minimum Gasteiger partial charge on any atom is -0.488 e. The van der Waals surface area contributed by atoms with Crippen molar-refractivity contribution in [3.63, 3.8) is 0 Å². The average Bonchev–Trinajstić information content (AvgIpc) is 2.59. The first-order valence-corrected chi connectivity index (χ1v) is 8.63. The number of hydrogen-bond acceptors (Lipinski definition) is 1. The Balaban J connectivity index is 0.000000594. The first kappa shape index (κ1) is 21.2. The highest BCUT2D eigenvalue weighted by atomic mass is 79.9. The molecule has 2 aromatic carbocycles. The molecule has 0 aliphatic heterocycles. The van der Waals surface area contributed by atoms with Gasteiger partial charge in [0.25, 0.3) is 0 Å². The van der Waals surface area contributed by atoms with Crippen molar-refractivity contribution in [1.29, 1.82) is 0 Å². The van der Waals surface area contributed by atoms with Gasteiger partial charge in [0.15, 0.2) is 0 Å². The molecule has 2 aromatic rings. The maximum Gasteiger partial charge on any atom is 0.133 e. The van der Waals surface area contributed by atoms with Crippen molar-refractivity contribution in [2.45, 2.75) is 34.3 Å². The molecule has 0 unspecified atom stereocenters. The lowest BCUT2D eigenvalue weighted by molar-refractivity contribution is 0.304. The number of halogens is 1. The number of rotatable bonds is 4. The fourth-order valence-electron chi connectivity index (χ4n) is 1.54. The summed E-state index contributed by atoms with van der Waals surface area (Å²) in [7, 11) is 0. The van der Waals surface area contributed by atoms with Crippen LogP contribution in [0.4, 0.5) is 0 Å². The quantitative estimate of drug-likeness (QED) is 0.517. The van der Waals surface area contributed by atoms with Crippen molar-refractivity contribution in [3.05, 3.63) is 88.9 Å². The monoisotopic (exact) mass is 374 g/mol. The van der Waals surface area contributed by atoms with Gasteiger partial charge < -0.3 is 4.74 Å². The molecular formula is C21H27BrO. The number of benzene rings is 2. The summed E-state index contributed by atoms with van der Waals surface area (Å²) < 4.78 is 6.70. The van der Waals surface area contributed by atoms with Crippen molar-refractivity contribution in [3.8, 4) is 5.75 Å². The zero-order valence-electron chi connectivity index (χ0n) is 14.6. The van der Waals surface area contributed by atoms with Crippen molar-refractivity contribution >= 4 is 15.9 Å². The molecule has 23 heavy (non-hydrogen) atoms. The van der Waals surface area contributed by atoms with Gasteiger partial charge >= 0.3 is 0 Å². The van der Waals surface area contributed by atoms with Gasteiger partial charge in [-0.1, -0.05) is 80.6 Å². The third-order valence-electron chi connectivity index (χ3n) is 2.68. The zero-order valence-corrected chi connectivity index (χ0v) is 16.1. The predicted molar refractivity (Wildman–Crippen MR) is 106 cm³/mol. The van der Waals surface area contributed by atoms with Gasteiger partial charge in [0.1, 0.15) is 12.4 Å². The molecule has 0 saturated heterocycles. The van der Waals surface area contributed by atoms with E-state index in [1.807, 2.05) is 57.2 Å². The second-order valence-corrected chi connectivity index (χ2v) is 5.32. The highest BCUT2D eigenvalue weighted by Crippen LogP contribution is 2.24. The second-order valence-electron chi connectivity index (χ2n) is 4.47. The van der Waals surface area contributed by atoms with Gasteiger partial charge in [-0.25, -0.2) is 0 Å². The third kappa shape index (κ3) is 9.75. The number of para-hydroxylation sites is 1. The van der Waals surface area contributed by atoms with Gasteiger partial charge in [-0.05, 0) is 47.5 Å². The van der Waals surface area contributed by atoms with Gasteiger partial charge in [-0.2, -0.15) is 0 Å². The predicted octanol–water partition coefficient (Wildman–Crippen LogP) is 7.11. The van der Waals surface area contributed by atoms with Crippen LogP contribution < -0.4 is 4.74 Å². The molecule has 124 valence electrons. The van der Waals surface area contributed by atoms with Crippen LogP contribution in [0.5, 0.6) is 5.75 Å². The molecule has 0 aliphatic rings. The molecule has 0 heterocycles. The van der Waals surface area contributed by atoms with Crippen LogP contribution in [0.3, 0.4) is 0 Å². The molecular weight excluding hydrogens is 348 g/mol. The molecule has 2 rings (SSSR count). The Morgan fingerprint density at radius 1 is 1.04 bits per heavy atom. The lowest BCUT2D eigenvalue weighted by Gasteiger charge is -2.08. The summed E-state index contributed by atoms with van der Waals surface area (Å²) in [6, 6.07) is 16.2. The Kier molecular flexibility index (Phi) is 12.8. The second kappa shape index (κ2) is 13.8. The Labute approximate surface area is 149 Å². The summed E-state index contributed by atoms with van der Waals surface area (Å²) in [4.78, 5) is 0. The molecule has 0 radical (unpaired) electrons. The summed E-state index contributed by atoms with van der Waals surface area (Å²) in [5, 5.41) is 0. The van der Waals surface area contributed by atoms with Gasteiger partial charge in [0.2, 0.25) is 0 Å². The normalized spacial score (nSPS) is 9.26. The molecule has 0 N–H and O–H groups in total. The van der Waals surface area contributed by atoms with E-state index in [9.17, 15) is 0 Å². The topological polar surface area (TPSA) is 9.23 Å². The first-order valence-electron chi connectivity index (χ1n) is 7.84. The van der Waals surface area contributed by atoms with Crippen LogP contribution in [-0.2, 0) is 6.61 Å². The number of hydrogen-bond donors (Lipinski definition) is 0. The van der Waals surface area contributed by atoms with Gasteiger partial charge in [-0.3, -0.25) is 0 Å². The van der Waals surface area contributed by atoms with E-state index in [0.717, 1.165) is 10.2 Å². The van der Waals surface area contributed by atoms with Gasteiger partial charge in [-0.15, -0.1) is 0 Å². The van der Waals surface area contributed by atoms with Crippen LogP contribution in [0.2, 0.25) is 0 Å². The summed E-state index contributed by atoms with van der Waals surface area (Å²) in [5.74, 6) is 0.878. The molecule has 0 amide bonds. The van der Waals surface area contributed by atoms with E-state index < -0.39 is 0 Å². The maximum absolute atomic E-state index is 5.72. The Morgan fingerprint density at radius 2 is 1.65 bits per heavy atom. The molecule has 0 aliphatic carbocycles. The first-order chi connectivity index (χ1) is 11.2. The van der Waals surface area contributed by atoms with Crippen molar-refractivity contribution in [2.75, 3.05) is 0 Å². The lowest BCUT2D eigenvalue weighted by atomic mass is 10.2. The minimum absolute atomic E-state index is 0.600. The van der Waals surface area contributed by atoms with Gasteiger partial charge in [0, 0.05) is 0 Å². The fraction of sp³-hybridized carbons (Fsp3) is 0.238. The maximum atomic E-state index is 5.72. The van der Waals surface area contributed by atoms with E-state index in [1.165, 1.54) is 11.1 Å². The Hall–Kier alpha value is -1.80. The molecule has 0 saturated carbocycles. The molecule has 0 atom stereocenters. The number of aryl methyl sites for hydroxylation is 1. The summed E-state index contributed by atoms with van der Waals surface area (Å²) in [6.45, 7) is 12.1. The van der Waals surface area contributed by atoms with Crippen LogP contribution >= 0.6 is 15.9 Å². The van der Waals surface area contributed by atoms with E-state index in [0.29, 0.717) is 6.61 Å². The molecule has 0 fully saturated rings. The highest BCUT2D eigenvalue weighted by molar-refractivity contribution is 9.10. The summed E-state index contributed by atoms with van der Waals surface area (Å²) >= 11 is 3.46. The van der Waals surface area contributed by atoms with Crippen LogP contribution in [0.25, 0.3) is 0 Å². The van der Waals surface area contributed by atoms with Gasteiger partial charge in [0.05, 0.1) is 4.47 Å². The van der Waals surface area contributed by atoms with Crippen molar-refractivity contribution < 1.29 is 4.74 Å². The van der Waals surface area contributed by atoms with Crippen LogP contribution in [0.1, 0.15) is 31.9 Å². The Morgan fingerprint density at radius 3 is 2.13 bits per heavy atom.